The Bertz CT molecular complexity index is 392. The molecule has 1 N–H and O–H groups in total. The molecule has 4 aliphatic carbocycles. The SMILES string of the molecule is O=C(CBr)OC12CC3CC(C1)CC(C(=O)O)(C3)C2. The predicted molar refractivity (Wildman–Crippen MR) is 67.4 cm³/mol. The normalized spacial score (nSPS) is 44.9. The number of carbonyl (C=O) groups excluding carboxylic acids is 1. The fourth-order valence-corrected chi connectivity index (χ4v) is 4.93. The number of alkyl halides is 1. The van der Waals surface area contributed by atoms with Crippen LogP contribution in [0.4, 0.5) is 0 Å². The van der Waals surface area contributed by atoms with Crippen LogP contribution in [0.15, 0.2) is 0 Å². The standard InChI is InChI=1S/C13H17BrO4/c14-6-10(15)18-13-4-8-1-9(5-13)3-12(2-8,7-13)11(16)17/h8-9H,1-7H2,(H,16,17). The van der Waals surface area contributed by atoms with Crippen molar-refractivity contribution in [2.75, 3.05) is 5.33 Å². The summed E-state index contributed by atoms with van der Waals surface area (Å²) in [5.41, 5.74) is -1.12. The van der Waals surface area contributed by atoms with E-state index < -0.39 is 17.0 Å². The van der Waals surface area contributed by atoms with Gasteiger partial charge in [-0.2, -0.15) is 0 Å². The van der Waals surface area contributed by atoms with E-state index >= 15 is 0 Å². The molecular formula is C13H17BrO4. The summed E-state index contributed by atoms with van der Waals surface area (Å²) in [5.74, 6) is -0.121. The molecule has 5 heteroatoms. The zero-order valence-corrected chi connectivity index (χ0v) is 11.7. The van der Waals surface area contributed by atoms with E-state index in [0.717, 1.165) is 32.1 Å². The van der Waals surface area contributed by atoms with Gasteiger partial charge in [-0.3, -0.25) is 9.59 Å². The molecule has 0 amide bonds. The summed E-state index contributed by atoms with van der Waals surface area (Å²) in [6.07, 6.45) is 4.89. The van der Waals surface area contributed by atoms with E-state index in [0.29, 0.717) is 18.3 Å². The second-order valence-electron chi connectivity index (χ2n) is 6.34. The number of hydrogen-bond acceptors (Lipinski definition) is 3. The summed E-state index contributed by atoms with van der Waals surface area (Å²) in [6.45, 7) is 0. The maximum absolute atomic E-state index is 11.6. The van der Waals surface area contributed by atoms with Crippen LogP contribution in [0.25, 0.3) is 0 Å². The average Bonchev–Trinajstić information content (AvgIpc) is 2.26. The summed E-state index contributed by atoms with van der Waals surface area (Å²) in [4.78, 5) is 23.2. The predicted octanol–water partition coefficient (Wildman–Crippen LogP) is 2.35. The first-order chi connectivity index (χ1) is 8.47. The maximum Gasteiger partial charge on any atom is 0.317 e. The smallest absolute Gasteiger partial charge is 0.317 e. The van der Waals surface area contributed by atoms with Crippen molar-refractivity contribution in [1.82, 2.24) is 0 Å². The first-order valence-corrected chi connectivity index (χ1v) is 7.60. The Labute approximate surface area is 114 Å². The molecule has 0 aromatic rings. The minimum absolute atomic E-state index is 0.185. The Morgan fingerprint density at radius 3 is 2.33 bits per heavy atom. The Hall–Kier alpha value is -0.580. The number of ether oxygens (including phenoxy) is 1. The van der Waals surface area contributed by atoms with Crippen LogP contribution in [0.3, 0.4) is 0 Å². The van der Waals surface area contributed by atoms with E-state index in [4.69, 9.17) is 4.74 Å². The van der Waals surface area contributed by atoms with Gasteiger partial charge < -0.3 is 9.84 Å². The van der Waals surface area contributed by atoms with Gasteiger partial charge in [0.2, 0.25) is 0 Å². The van der Waals surface area contributed by atoms with Crippen LogP contribution in [-0.2, 0) is 14.3 Å². The molecule has 2 unspecified atom stereocenters. The van der Waals surface area contributed by atoms with Crippen LogP contribution >= 0.6 is 15.9 Å². The second-order valence-corrected chi connectivity index (χ2v) is 6.90. The van der Waals surface area contributed by atoms with E-state index in [2.05, 4.69) is 15.9 Å². The molecular weight excluding hydrogens is 300 g/mol. The lowest BCUT2D eigenvalue weighted by atomic mass is 9.48. The highest BCUT2D eigenvalue weighted by Crippen LogP contribution is 2.62. The molecule has 0 aliphatic heterocycles. The Balaban J connectivity index is 1.89. The minimum atomic E-state index is -0.698. The summed E-state index contributed by atoms with van der Waals surface area (Å²) in [6, 6.07) is 0. The highest BCUT2D eigenvalue weighted by Gasteiger charge is 2.62. The quantitative estimate of drug-likeness (QED) is 0.641. The molecule has 18 heavy (non-hydrogen) atoms. The fourth-order valence-electron chi connectivity index (χ4n) is 4.82. The van der Waals surface area contributed by atoms with Gasteiger partial charge in [0.05, 0.1) is 5.41 Å². The molecule has 0 radical (unpaired) electrons. The van der Waals surface area contributed by atoms with Crippen LogP contribution in [0, 0.1) is 17.3 Å². The molecule has 100 valence electrons. The van der Waals surface area contributed by atoms with Crippen molar-refractivity contribution in [3.63, 3.8) is 0 Å². The summed E-state index contributed by atoms with van der Waals surface area (Å²) >= 11 is 3.11. The van der Waals surface area contributed by atoms with Crippen molar-refractivity contribution in [2.45, 2.75) is 44.1 Å². The number of hydrogen-bond donors (Lipinski definition) is 1. The number of rotatable bonds is 3. The highest BCUT2D eigenvalue weighted by atomic mass is 79.9. The van der Waals surface area contributed by atoms with Crippen LogP contribution < -0.4 is 0 Å². The largest absolute Gasteiger partial charge is 0.481 e. The number of esters is 1. The van der Waals surface area contributed by atoms with Crippen molar-refractivity contribution in [1.29, 1.82) is 0 Å². The molecule has 0 heterocycles. The molecule has 2 atom stereocenters. The van der Waals surface area contributed by atoms with Gasteiger partial charge in [-0.15, -0.1) is 0 Å². The maximum atomic E-state index is 11.6. The first kappa shape index (κ1) is 12.5. The molecule has 4 fully saturated rings. The Kier molecular flexibility index (Phi) is 2.74. The van der Waals surface area contributed by atoms with Gasteiger partial charge in [0.1, 0.15) is 10.9 Å². The third-order valence-electron chi connectivity index (χ3n) is 4.90. The molecule has 4 nitrogen and oxygen atoms in total. The van der Waals surface area contributed by atoms with Gasteiger partial charge in [0.15, 0.2) is 0 Å². The van der Waals surface area contributed by atoms with Crippen LogP contribution in [0.5, 0.6) is 0 Å². The lowest BCUT2D eigenvalue weighted by Gasteiger charge is -2.59. The number of carboxylic acid groups (broad SMARTS) is 1. The lowest BCUT2D eigenvalue weighted by molar-refractivity contribution is -0.208. The van der Waals surface area contributed by atoms with Gasteiger partial charge in [0.25, 0.3) is 0 Å². The number of carboxylic acids is 1. The van der Waals surface area contributed by atoms with Crippen LogP contribution in [0.1, 0.15) is 38.5 Å². The molecule has 4 aliphatic rings. The zero-order chi connectivity index (χ0) is 13.0. The van der Waals surface area contributed by atoms with Crippen molar-refractivity contribution >= 4 is 27.9 Å². The van der Waals surface area contributed by atoms with E-state index in [1.165, 1.54) is 0 Å². The third kappa shape index (κ3) is 1.78. The van der Waals surface area contributed by atoms with E-state index in [1.54, 1.807) is 0 Å². The van der Waals surface area contributed by atoms with Gasteiger partial charge >= 0.3 is 11.9 Å². The van der Waals surface area contributed by atoms with Gasteiger partial charge in [-0.1, -0.05) is 15.9 Å². The van der Waals surface area contributed by atoms with E-state index in [1.807, 2.05) is 0 Å². The number of halogens is 1. The van der Waals surface area contributed by atoms with Gasteiger partial charge in [0, 0.05) is 6.42 Å². The molecule has 0 aromatic heterocycles. The molecule has 4 bridgehead atoms. The topological polar surface area (TPSA) is 63.6 Å². The monoisotopic (exact) mass is 316 g/mol. The Morgan fingerprint density at radius 2 is 1.83 bits per heavy atom. The number of carbonyl (C=O) groups is 2. The van der Waals surface area contributed by atoms with Crippen LogP contribution in [0.2, 0.25) is 0 Å². The highest BCUT2D eigenvalue weighted by molar-refractivity contribution is 9.09. The third-order valence-corrected chi connectivity index (χ3v) is 5.36. The van der Waals surface area contributed by atoms with Crippen molar-refractivity contribution in [3.8, 4) is 0 Å². The molecule has 0 aromatic carbocycles. The second kappa shape index (κ2) is 3.95. The van der Waals surface area contributed by atoms with Crippen molar-refractivity contribution < 1.29 is 19.4 Å². The van der Waals surface area contributed by atoms with E-state index in [-0.39, 0.29) is 11.3 Å². The minimum Gasteiger partial charge on any atom is -0.481 e. The van der Waals surface area contributed by atoms with Gasteiger partial charge in [-0.05, 0) is 43.9 Å². The summed E-state index contributed by atoms with van der Waals surface area (Å²) in [5, 5.41) is 9.72. The summed E-state index contributed by atoms with van der Waals surface area (Å²) in [7, 11) is 0. The fraction of sp³-hybridized carbons (Fsp3) is 0.846. The van der Waals surface area contributed by atoms with Crippen LogP contribution in [-0.4, -0.2) is 28.0 Å². The zero-order valence-electron chi connectivity index (χ0n) is 10.2. The molecule has 0 saturated heterocycles. The first-order valence-electron chi connectivity index (χ1n) is 6.48. The van der Waals surface area contributed by atoms with Crippen molar-refractivity contribution in [3.05, 3.63) is 0 Å². The van der Waals surface area contributed by atoms with E-state index in [9.17, 15) is 14.7 Å². The average molecular weight is 317 g/mol. The molecule has 4 saturated carbocycles. The molecule has 4 rings (SSSR count). The summed E-state index contributed by atoms with van der Waals surface area (Å²) < 4.78 is 5.63. The van der Waals surface area contributed by atoms with Gasteiger partial charge in [-0.25, -0.2) is 0 Å². The number of aliphatic carboxylic acids is 1. The molecule has 0 spiro atoms. The Morgan fingerprint density at radius 1 is 1.22 bits per heavy atom. The van der Waals surface area contributed by atoms with Crippen molar-refractivity contribution in [2.24, 2.45) is 17.3 Å². The lowest BCUT2D eigenvalue weighted by Crippen LogP contribution is -2.59.